The quantitative estimate of drug-likeness (QED) is 0.753. The summed E-state index contributed by atoms with van der Waals surface area (Å²) < 4.78 is 2.10. The van der Waals surface area contributed by atoms with Gasteiger partial charge in [0.05, 0.1) is 11.2 Å². The van der Waals surface area contributed by atoms with Crippen molar-refractivity contribution in [3.8, 4) is 17.3 Å². The molecule has 0 amide bonds. The molecule has 1 aliphatic rings. The van der Waals surface area contributed by atoms with Crippen molar-refractivity contribution >= 4 is 11.8 Å². The van der Waals surface area contributed by atoms with Crippen LogP contribution in [-0.4, -0.2) is 20.8 Å². The van der Waals surface area contributed by atoms with Gasteiger partial charge in [-0.15, -0.1) is 0 Å². The summed E-state index contributed by atoms with van der Waals surface area (Å²) in [5, 5.41) is 10.7. The molecule has 1 aromatic carbocycles. The van der Waals surface area contributed by atoms with Crippen molar-refractivity contribution in [2.45, 2.75) is 44.4 Å². The van der Waals surface area contributed by atoms with Crippen LogP contribution in [0, 0.1) is 11.3 Å². The Kier molecular flexibility index (Phi) is 4.27. The van der Waals surface area contributed by atoms with Crippen molar-refractivity contribution in [1.29, 1.82) is 5.26 Å². The maximum Gasteiger partial charge on any atom is 0.170 e. The fourth-order valence-electron chi connectivity index (χ4n) is 2.58. The molecule has 4 nitrogen and oxygen atoms in total. The molecular formula is C18H20N4S. The van der Waals surface area contributed by atoms with Gasteiger partial charge in [0, 0.05) is 17.9 Å². The highest BCUT2D eigenvalue weighted by atomic mass is 32.2. The summed E-state index contributed by atoms with van der Waals surface area (Å²) in [6.45, 7) is 7.03. The van der Waals surface area contributed by atoms with Crippen LogP contribution in [0.1, 0.15) is 32.8 Å². The second kappa shape index (κ2) is 6.21. The Balaban J connectivity index is 2.38. The molecule has 0 saturated heterocycles. The van der Waals surface area contributed by atoms with Gasteiger partial charge in [0.15, 0.2) is 10.6 Å². The number of hydrogen-bond donors (Lipinski definition) is 0. The van der Waals surface area contributed by atoms with Crippen LogP contribution >= 0.6 is 11.8 Å². The Morgan fingerprint density at radius 1 is 1.26 bits per heavy atom. The zero-order valence-corrected chi connectivity index (χ0v) is 14.5. The predicted molar refractivity (Wildman–Crippen MR) is 93.0 cm³/mol. The van der Waals surface area contributed by atoms with E-state index in [0.717, 1.165) is 40.6 Å². The van der Waals surface area contributed by atoms with E-state index < -0.39 is 0 Å². The summed E-state index contributed by atoms with van der Waals surface area (Å²) in [6.07, 6.45) is 1.08. The minimum absolute atomic E-state index is 0.246. The summed E-state index contributed by atoms with van der Waals surface area (Å²) in [4.78, 5) is 9.64. The first-order valence-corrected chi connectivity index (χ1v) is 8.77. The van der Waals surface area contributed by atoms with E-state index in [1.807, 2.05) is 30.3 Å². The summed E-state index contributed by atoms with van der Waals surface area (Å²) in [5.41, 5.74) is 2.78. The fourth-order valence-corrected chi connectivity index (χ4v) is 3.53. The summed E-state index contributed by atoms with van der Waals surface area (Å²) in [7, 11) is 0. The van der Waals surface area contributed by atoms with E-state index in [1.54, 1.807) is 11.8 Å². The maximum atomic E-state index is 9.79. The standard InChI is InChI=1S/C18H20N4S/c1-18(2,3)21-16-14(12-19)15(13-8-5-4-6-9-13)20-17-22(16)10-7-11-23-17/h4-6,8-9H,7,10-11H2,1-3H3. The molecular weight excluding hydrogens is 304 g/mol. The second-order valence-electron chi connectivity index (χ2n) is 6.56. The molecule has 0 unspecified atom stereocenters. The van der Waals surface area contributed by atoms with Crippen molar-refractivity contribution in [3.63, 3.8) is 0 Å². The van der Waals surface area contributed by atoms with Crippen LogP contribution in [0.25, 0.3) is 11.3 Å². The molecule has 0 spiro atoms. The first-order valence-electron chi connectivity index (χ1n) is 7.78. The molecule has 1 aliphatic heterocycles. The SMILES string of the molecule is CC(C)(C)N=c1c(C#N)c(-c2ccccc2)nc2n1CCCS2. The Hall–Kier alpha value is -2.06. The number of thioether (sulfide) groups is 1. The lowest BCUT2D eigenvalue weighted by Gasteiger charge is -2.22. The molecule has 2 heterocycles. The Bertz CT molecular complexity index is 823. The van der Waals surface area contributed by atoms with E-state index in [9.17, 15) is 5.26 Å². The summed E-state index contributed by atoms with van der Waals surface area (Å²) in [5.74, 6) is 1.06. The van der Waals surface area contributed by atoms with Crippen LogP contribution in [-0.2, 0) is 6.54 Å². The monoisotopic (exact) mass is 324 g/mol. The van der Waals surface area contributed by atoms with Gasteiger partial charge in [-0.05, 0) is 27.2 Å². The second-order valence-corrected chi connectivity index (χ2v) is 7.62. The van der Waals surface area contributed by atoms with Gasteiger partial charge in [0.2, 0.25) is 0 Å². The Morgan fingerprint density at radius 3 is 2.65 bits per heavy atom. The van der Waals surface area contributed by atoms with Crippen LogP contribution in [0.5, 0.6) is 0 Å². The van der Waals surface area contributed by atoms with Crippen molar-refractivity contribution in [3.05, 3.63) is 41.4 Å². The lowest BCUT2D eigenvalue weighted by atomic mass is 10.1. The minimum atomic E-state index is -0.246. The molecule has 2 aromatic rings. The van der Waals surface area contributed by atoms with Gasteiger partial charge < -0.3 is 4.57 Å². The van der Waals surface area contributed by atoms with E-state index >= 15 is 0 Å². The Morgan fingerprint density at radius 2 is 2.00 bits per heavy atom. The Labute approximate surface area is 140 Å². The van der Waals surface area contributed by atoms with Gasteiger partial charge >= 0.3 is 0 Å². The minimum Gasteiger partial charge on any atom is -0.305 e. The predicted octanol–water partition coefficient (Wildman–Crippen LogP) is 3.62. The maximum absolute atomic E-state index is 9.79. The summed E-state index contributed by atoms with van der Waals surface area (Å²) in [6, 6.07) is 12.2. The summed E-state index contributed by atoms with van der Waals surface area (Å²) >= 11 is 1.74. The van der Waals surface area contributed by atoms with E-state index in [1.165, 1.54) is 0 Å². The number of rotatable bonds is 1. The van der Waals surface area contributed by atoms with Gasteiger partial charge in [-0.3, -0.25) is 4.99 Å². The van der Waals surface area contributed by atoms with Crippen LogP contribution in [0.2, 0.25) is 0 Å². The van der Waals surface area contributed by atoms with Gasteiger partial charge in [0.1, 0.15) is 11.6 Å². The molecule has 1 aromatic heterocycles. The molecule has 0 radical (unpaired) electrons. The number of benzene rings is 1. The normalized spacial score (nSPS) is 15.1. The van der Waals surface area contributed by atoms with Gasteiger partial charge in [-0.2, -0.15) is 5.26 Å². The molecule has 3 rings (SSSR count). The number of nitriles is 1. The number of hydrogen-bond acceptors (Lipinski definition) is 4. The first kappa shape index (κ1) is 15.8. The van der Waals surface area contributed by atoms with Crippen LogP contribution in [0.3, 0.4) is 0 Å². The van der Waals surface area contributed by atoms with E-state index in [-0.39, 0.29) is 5.54 Å². The third-order valence-electron chi connectivity index (χ3n) is 3.51. The lowest BCUT2D eigenvalue weighted by Crippen LogP contribution is -2.33. The number of nitrogens with zero attached hydrogens (tertiary/aromatic N) is 4. The smallest absolute Gasteiger partial charge is 0.170 e. The molecule has 0 bridgehead atoms. The van der Waals surface area contributed by atoms with E-state index in [4.69, 9.17) is 9.98 Å². The highest BCUT2D eigenvalue weighted by Crippen LogP contribution is 2.26. The van der Waals surface area contributed by atoms with E-state index in [0.29, 0.717) is 5.56 Å². The molecule has 0 fully saturated rings. The van der Waals surface area contributed by atoms with Crippen LogP contribution in [0.4, 0.5) is 0 Å². The zero-order valence-electron chi connectivity index (χ0n) is 13.7. The number of fused-ring (bicyclic) bond motifs is 1. The molecule has 0 saturated carbocycles. The molecule has 118 valence electrons. The molecule has 5 heteroatoms. The molecule has 23 heavy (non-hydrogen) atoms. The van der Waals surface area contributed by atoms with Gasteiger partial charge in [-0.1, -0.05) is 42.1 Å². The first-order chi connectivity index (χ1) is 11.0. The third kappa shape index (κ3) is 3.32. The highest BCUT2D eigenvalue weighted by Gasteiger charge is 2.20. The van der Waals surface area contributed by atoms with Crippen LogP contribution in [0.15, 0.2) is 40.5 Å². The van der Waals surface area contributed by atoms with Gasteiger partial charge in [0.25, 0.3) is 0 Å². The van der Waals surface area contributed by atoms with Crippen molar-refractivity contribution < 1.29 is 0 Å². The van der Waals surface area contributed by atoms with Crippen molar-refractivity contribution in [2.75, 3.05) is 5.75 Å². The van der Waals surface area contributed by atoms with Crippen LogP contribution < -0.4 is 5.49 Å². The molecule has 0 atom stereocenters. The topological polar surface area (TPSA) is 54.0 Å². The third-order valence-corrected chi connectivity index (χ3v) is 4.57. The number of aromatic nitrogens is 2. The lowest BCUT2D eigenvalue weighted by molar-refractivity contribution is 0.504. The fraction of sp³-hybridized carbons (Fsp3) is 0.389. The largest absolute Gasteiger partial charge is 0.305 e. The van der Waals surface area contributed by atoms with Gasteiger partial charge in [-0.25, -0.2) is 4.98 Å². The zero-order chi connectivity index (χ0) is 16.4. The average Bonchev–Trinajstić information content (AvgIpc) is 2.54. The molecule has 0 aliphatic carbocycles. The van der Waals surface area contributed by atoms with E-state index in [2.05, 4.69) is 31.4 Å². The average molecular weight is 324 g/mol. The van der Waals surface area contributed by atoms with Crippen molar-refractivity contribution in [2.24, 2.45) is 4.99 Å². The molecule has 0 N–H and O–H groups in total. The van der Waals surface area contributed by atoms with Crippen molar-refractivity contribution in [1.82, 2.24) is 9.55 Å². The highest BCUT2D eigenvalue weighted by molar-refractivity contribution is 7.99.